The fourth-order valence-corrected chi connectivity index (χ4v) is 2.58. The summed E-state index contributed by atoms with van der Waals surface area (Å²) in [5, 5.41) is 14.0. The summed E-state index contributed by atoms with van der Waals surface area (Å²) < 4.78 is 0. The molecule has 3 amide bonds. The molecule has 1 aromatic rings. The molecule has 7 heteroatoms. The van der Waals surface area contributed by atoms with Crippen LogP contribution in [0.2, 0.25) is 0 Å². The molecule has 1 aromatic heterocycles. The number of carbonyl (C=O) groups is 2. The van der Waals surface area contributed by atoms with Crippen LogP contribution in [0.5, 0.6) is 0 Å². The van der Waals surface area contributed by atoms with Crippen molar-refractivity contribution in [2.45, 2.75) is 19.0 Å². The van der Waals surface area contributed by atoms with E-state index in [2.05, 4.69) is 5.32 Å². The number of amides is 3. The Balaban J connectivity index is 2.09. The molecule has 2 rings (SSSR count). The van der Waals surface area contributed by atoms with Crippen LogP contribution in [-0.4, -0.2) is 28.3 Å². The Labute approximate surface area is 95.6 Å². The van der Waals surface area contributed by atoms with Crippen LogP contribution in [-0.2, 0) is 17.8 Å². The van der Waals surface area contributed by atoms with Crippen molar-refractivity contribution in [3.05, 3.63) is 21.9 Å². The second-order valence-corrected chi connectivity index (χ2v) is 4.50. The average molecular weight is 241 g/mol. The van der Waals surface area contributed by atoms with E-state index < -0.39 is 18.0 Å². The van der Waals surface area contributed by atoms with Gasteiger partial charge in [-0.25, -0.2) is 4.79 Å². The van der Waals surface area contributed by atoms with Gasteiger partial charge in [-0.05, 0) is 17.0 Å². The molecule has 0 saturated heterocycles. The first-order chi connectivity index (χ1) is 7.59. The molecule has 0 bridgehead atoms. The first-order valence-corrected chi connectivity index (χ1v) is 5.58. The Bertz CT molecular complexity index is 431. The van der Waals surface area contributed by atoms with Gasteiger partial charge < -0.3 is 11.1 Å². The number of imide groups is 1. The standard InChI is InChI=1S/C9H11N3O3S/c10-9(14)12(15)8(13)6-3-7-5(4-11-6)1-2-16-7/h1-2,6,11,15H,3-4H2,(H2,10,14). The first kappa shape index (κ1) is 11.1. The number of nitrogens with two attached hydrogens (primary N) is 1. The zero-order valence-corrected chi connectivity index (χ0v) is 9.16. The highest BCUT2D eigenvalue weighted by Gasteiger charge is 2.30. The van der Waals surface area contributed by atoms with E-state index in [9.17, 15) is 9.59 Å². The van der Waals surface area contributed by atoms with Crippen LogP contribution in [0.3, 0.4) is 0 Å². The van der Waals surface area contributed by atoms with Gasteiger partial charge >= 0.3 is 6.03 Å². The monoisotopic (exact) mass is 241 g/mol. The number of nitrogens with one attached hydrogen (secondary N) is 1. The van der Waals surface area contributed by atoms with Gasteiger partial charge in [0.15, 0.2) is 0 Å². The number of hydrogen-bond donors (Lipinski definition) is 3. The molecule has 4 N–H and O–H groups in total. The van der Waals surface area contributed by atoms with Gasteiger partial charge in [-0.1, -0.05) is 0 Å². The number of hydrogen-bond acceptors (Lipinski definition) is 5. The van der Waals surface area contributed by atoms with Crippen LogP contribution in [0.4, 0.5) is 4.79 Å². The molecule has 2 heterocycles. The Morgan fingerprint density at radius 2 is 2.38 bits per heavy atom. The second kappa shape index (κ2) is 4.20. The molecule has 0 aliphatic carbocycles. The van der Waals surface area contributed by atoms with Crippen LogP contribution in [0.15, 0.2) is 11.4 Å². The Morgan fingerprint density at radius 1 is 1.62 bits per heavy atom. The van der Waals surface area contributed by atoms with Gasteiger partial charge in [-0.3, -0.25) is 10.0 Å². The molecule has 1 aliphatic heterocycles. The van der Waals surface area contributed by atoms with Crippen molar-refractivity contribution in [2.24, 2.45) is 5.73 Å². The molecular weight excluding hydrogens is 230 g/mol. The summed E-state index contributed by atoms with van der Waals surface area (Å²) in [4.78, 5) is 23.3. The summed E-state index contributed by atoms with van der Waals surface area (Å²) in [6.07, 6.45) is 0.468. The third-order valence-electron chi connectivity index (χ3n) is 2.48. The highest BCUT2D eigenvalue weighted by molar-refractivity contribution is 7.10. The molecule has 0 fully saturated rings. The second-order valence-electron chi connectivity index (χ2n) is 3.49. The van der Waals surface area contributed by atoms with Crippen molar-refractivity contribution in [3.63, 3.8) is 0 Å². The van der Waals surface area contributed by atoms with Crippen LogP contribution in [0.25, 0.3) is 0 Å². The van der Waals surface area contributed by atoms with Crippen LogP contribution >= 0.6 is 11.3 Å². The quantitative estimate of drug-likeness (QED) is 0.478. The fourth-order valence-electron chi connectivity index (χ4n) is 1.63. The zero-order valence-electron chi connectivity index (χ0n) is 8.34. The number of rotatable bonds is 1. The third-order valence-corrected chi connectivity index (χ3v) is 3.47. The lowest BCUT2D eigenvalue weighted by Crippen LogP contribution is -2.51. The largest absolute Gasteiger partial charge is 0.349 e. The fraction of sp³-hybridized carbons (Fsp3) is 0.333. The van der Waals surface area contributed by atoms with E-state index >= 15 is 0 Å². The minimum atomic E-state index is -1.16. The lowest BCUT2D eigenvalue weighted by atomic mass is 10.0. The molecular formula is C9H11N3O3S. The normalized spacial score (nSPS) is 18.9. The van der Waals surface area contributed by atoms with E-state index in [0.29, 0.717) is 13.0 Å². The van der Waals surface area contributed by atoms with Gasteiger partial charge in [-0.15, -0.1) is 16.4 Å². The summed E-state index contributed by atoms with van der Waals surface area (Å²) in [7, 11) is 0. The van der Waals surface area contributed by atoms with Crippen molar-refractivity contribution >= 4 is 23.3 Å². The third kappa shape index (κ3) is 1.92. The smallest absolute Gasteiger partial charge is 0.346 e. The Morgan fingerprint density at radius 3 is 3.06 bits per heavy atom. The van der Waals surface area contributed by atoms with Crippen LogP contribution in [0, 0.1) is 0 Å². The van der Waals surface area contributed by atoms with Gasteiger partial charge in [0.25, 0.3) is 5.91 Å². The molecule has 0 saturated carbocycles. The van der Waals surface area contributed by atoms with Crippen LogP contribution < -0.4 is 11.1 Å². The Kier molecular flexibility index (Phi) is 2.90. The molecule has 0 aromatic carbocycles. The molecule has 6 nitrogen and oxygen atoms in total. The van der Waals surface area contributed by atoms with Crippen molar-refractivity contribution in [2.75, 3.05) is 0 Å². The van der Waals surface area contributed by atoms with Gasteiger partial charge in [-0.2, -0.15) is 0 Å². The number of urea groups is 1. The maximum Gasteiger partial charge on any atom is 0.346 e. The van der Waals surface area contributed by atoms with Crippen molar-refractivity contribution in [3.8, 4) is 0 Å². The molecule has 1 unspecified atom stereocenters. The zero-order chi connectivity index (χ0) is 11.7. The maximum atomic E-state index is 11.6. The predicted molar refractivity (Wildman–Crippen MR) is 56.9 cm³/mol. The number of fused-ring (bicyclic) bond motifs is 1. The lowest BCUT2D eigenvalue weighted by molar-refractivity contribution is -0.154. The Hall–Kier alpha value is -1.44. The summed E-state index contributed by atoms with van der Waals surface area (Å²) in [5.74, 6) is -0.716. The predicted octanol–water partition coefficient (Wildman–Crippen LogP) is 0.0589. The summed E-state index contributed by atoms with van der Waals surface area (Å²) in [6.45, 7) is 0.557. The van der Waals surface area contributed by atoms with E-state index in [4.69, 9.17) is 10.9 Å². The average Bonchev–Trinajstić information content (AvgIpc) is 2.73. The topological polar surface area (TPSA) is 95.7 Å². The molecule has 16 heavy (non-hydrogen) atoms. The van der Waals surface area contributed by atoms with Crippen molar-refractivity contribution < 1.29 is 14.8 Å². The van der Waals surface area contributed by atoms with E-state index in [1.807, 2.05) is 11.4 Å². The maximum absolute atomic E-state index is 11.6. The summed E-state index contributed by atoms with van der Waals surface area (Å²) in [5.41, 5.74) is 5.96. The van der Waals surface area contributed by atoms with Gasteiger partial charge in [0.2, 0.25) is 0 Å². The van der Waals surface area contributed by atoms with Crippen molar-refractivity contribution in [1.29, 1.82) is 0 Å². The molecule has 0 radical (unpaired) electrons. The number of nitrogens with zero attached hydrogens (tertiary/aromatic N) is 1. The number of carbonyl (C=O) groups excluding carboxylic acids is 2. The van der Waals surface area contributed by atoms with Gasteiger partial charge in [0, 0.05) is 17.8 Å². The first-order valence-electron chi connectivity index (χ1n) is 4.70. The number of hydroxylamine groups is 2. The number of thiophene rings is 1. The van der Waals surface area contributed by atoms with Gasteiger partial charge in [0.05, 0.1) is 6.04 Å². The van der Waals surface area contributed by atoms with E-state index in [-0.39, 0.29) is 5.06 Å². The van der Waals surface area contributed by atoms with E-state index in [1.165, 1.54) is 0 Å². The number of primary amides is 1. The molecule has 86 valence electrons. The highest BCUT2D eigenvalue weighted by atomic mass is 32.1. The van der Waals surface area contributed by atoms with Crippen molar-refractivity contribution in [1.82, 2.24) is 10.4 Å². The van der Waals surface area contributed by atoms with E-state index in [1.54, 1.807) is 11.3 Å². The molecule has 1 atom stereocenters. The van der Waals surface area contributed by atoms with Gasteiger partial charge in [0.1, 0.15) is 0 Å². The lowest BCUT2D eigenvalue weighted by Gasteiger charge is -2.24. The minimum Gasteiger partial charge on any atom is -0.349 e. The highest BCUT2D eigenvalue weighted by Crippen LogP contribution is 2.22. The SMILES string of the molecule is NC(=O)N(O)C(=O)C1Cc2sccc2CN1. The van der Waals surface area contributed by atoms with Crippen LogP contribution in [0.1, 0.15) is 10.4 Å². The van der Waals surface area contributed by atoms with E-state index in [0.717, 1.165) is 10.4 Å². The molecule has 1 aliphatic rings. The minimum absolute atomic E-state index is 0.0454. The summed E-state index contributed by atoms with van der Waals surface area (Å²) in [6, 6.07) is 0.228. The summed E-state index contributed by atoms with van der Waals surface area (Å²) >= 11 is 1.56. The molecule has 0 spiro atoms.